The Morgan fingerprint density at radius 3 is 2.69 bits per heavy atom. The third-order valence-corrected chi connectivity index (χ3v) is 2.46. The van der Waals surface area contributed by atoms with Crippen LogP contribution in [0.3, 0.4) is 0 Å². The molecule has 1 aromatic rings. The van der Waals surface area contributed by atoms with Crippen molar-refractivity contribution in [2.75, 3.05) is 0 Å². The van der Waals surface area contributed by atoms with E-state index in [1.807, 2.05) is 4.57 Å². The van der Waals surface area contributed by atoms with Gasteiger partial charge in [0.1, 0.15) is 12.9 Å². The molecule has 1 heterocycles. The van der Waals surface area contributed by atoms with Gasteiger partial charge in [-0.05, 0) is 11.8 Å². The summed E-state index contributed by atoms with van der Waals surface area (Å²) >= 11 is 0. The molecule has 0 bridgehead atoms. The van der Waals surface area contributed by atoms with Gasteiger partial charge in [0.25, 0.3) is 0 Å². The smallest absolute Gasteiger partial charge is 0.158 e. The average Bonchev–Trinajstić information content (AvgIpc) is 2.51. The molecule has 1 atom stereocenters. The number of rotatable bonds is 4. The van der Waals surface area contributed by atoms with Gasteiger partial charge in [0.05, 0.1) is 0 Å². The summed E-state index contributed by atoms with van der Waals surface area (Å²) in [5.41, 5.74) is 0. The highest BCUT2D eigenvalue weighted by molar-refractivity contribution is 4.83. The molecule has 0 saturated heterocycles. The normalized spacial score (nSPS) is 13.6. The van der Waals surface area contributed by atoms with Gasteiger partial charge < -0.3 is 9.67 Å². The van der Waals surface area contributed by atoms with Crippen molar-refractivity contribution < 1.29 is 5.11 Å². The number of nitrogens with zero attached hydrogens (tertiary/aromatic N) is 3. The molecule has 1 unspecified atom stereocenters. The summed E-state index contributed by atoms with van der Waals surface area (Å²) < 4.78 is 1.91. The van der Waals surface area contributed by atoms with Gasteiger partial charge in [0.15, 0.2) is 5.82 Å². The van der Waals surface area contributed by atoms with E-state index in [4.69, 9.17) is 5.11 Å². The SMILES string of the molecule is CC(C)C(C)Cn1cnnc1CO. The summed E-state index contributed by atoms with van der Waals surface area (Å²) in [4.78, 5) is 0. The fourth-order valence-electron chi connectivity index (χ4n) is 1.07. The Hall–Kier alpha value is -0.900. The van der Waals surface area contributed by atoms with Crippen LogP contribution in [0.15, 0.2) is 6.33 Å². The summed E-state index contributed by atoms with van der Waals surface area (Å²) in [6.07, 6.45) is 1.67. The second-order valence-corrected chi connectivity index (χ2v) is 3.78. The van der Waals surface area contributed by atoms with E-state index in [0.29, 0.717) is 17.7 Å². The van der Waals surface area contributed by atoms with Gasteiger partial charge in [-0.2, -0.15) is 0 Å². The lowest BCUT2D eigenvalue weighted by Crippen LogP contribution is -2.14. The van der Waals surface area contributed by atoms with Crippen LogP contribution in [0.2, 0.25) is 0 Å². The van der Waals surface area contributed by atoms with Gasteiger partial charge in [-0.1, -0.05) is 20.8 Å². The average molecular weight is 183 g/mol. The molecule has 0 saturated carbocycles. The lowest BCUT2D eigenvalue weighted by molar-refractivity contribution is 0.257. The zero-order valence-electron chi connectivity index (χ0n) is 8.44. The molecule has 0 radical (unpaired) electrons. The highest BCUT2D eigenvalue weighted by Crippen LogP contribution is 2.12. The maximum absolute atomic E-state index is 8.94. The van der Waals surface area contributed by atoms with Gasteiger partial charge in [-0.3, -0.25) is 0 Å². The number of aliphatic hydroxyl groups is 1. The third kappa shape index (κ3) is 2.52. The fourth-order valence-corrected chi connectivity index (χ4v) is 1.07. The van der Waals surface area contributed by atoms with Crippen LogP contribution in [0.4, 0.5) is 0 Å². The lowest BCUT2D eigenvalue weighted by Gasteiger charge is -2.16. The van der Waals surface area contributed by atoms with Gasteiger partial charge in [-0.15, -0.1) is 10.2 Å². The molecule has 0 aliphatic rings. The molecule has 0 spiro atoms. The second-order valence-electron chi connectivity index (χ2n) is 3.78. The summed E-state index contributed by atoms with van der Waals surface area (Å²) in [5, 5.41) is 16.5. The van der Waals surface area contributed by atoms with E-state index in [2.05, 4.69) is 31.0 Å². The van der Waals surface area contributed by atoms with Crippen LogP contribution in [-0.2, 0) is 13.2 Å². The van der Waals surface area contributed by atoms with Crippen molar-refractivity contribution in [3.8, 4) is 0 Å². The Kier molecular flexibility index (Phi) is 3.42. The molecule has 0 aliphatic heterocycles. The maximum atomic E-state index is 8.94. The van der Waals surface area contributed by atoms with E-state index in [1.165, 1.54) is 0 Å². The topological polar surface area (TPSA) is 50.9 Å². The Balaban J connectivity index is 2.62. The van der Waals surface area contributed by atoms with Crippen molar-refractivity contribution >= 4 is 0 Å². The molecule has 74 valence electrons. The highest BCUT2D eigenvalue weighted by Gasteiger charge is 2.10. The summed E-state index contributed by atoms with van der Waals surface area (Å²) in [6.45, 7) is 7.40. The summed E-state index contributed by atoms with van der Waals surface area (Å²) in [6, 6.07) is 0. The molecule has 1 rings (SSSR count). The molecule has 13 heavy (non-hydrogen) atoms. The molecule has 0 aliphatic carbocycles. The van der Waals surface area contributed by atoms with E-state index in [1.54, 1.807) is 6.33 Å². The molecule has 4 nitrogen and oxygen atoms in total. The van der Waals surface area contributed by atoms with Crippen molar-refractivity contribution in [3.05, 3.63) is 12.2 Å². The van der Waals surface area contributed by atoms with Gasteiger partial charge in [0, 0.05) is 6.54 Å². The largest absolute Gasteiger partial charge is 0.388 e. The Morgan fingerprint density at radius 1 is 1.46 bits per heavy atom. The maximum Gasteiger partial charge on any atom is 0.158 e. The number of hydrogen-bond acceptors (Lipinski definition) is 3. The summed E-state index contributed by atoms with van der Waals surface area (Å²) in [7, 11) is 0. The zero-order chi connectivity index (χ0) is 9.84. The molecule has 4 heteroatoms. The standard InChI is InChI=1S/C9H17N3O/c1-7(2)8(3)4-12-6-10-11-9(12)5-13/h6-8,13H,4-5H2,1-3H3. The van der Waals surface area contributed by atoms with Gasteiger partial charge >= 0.3 is 0 Å². The summed E-state index contributed by atoms with van der Waals surface area (Å²) in [5.74, 6) is 1.85. The first-order chi connectivity index (χ1) is 6.15. The van der Waals surface area contributed by atoms with Crippen molar-refractivity contribution in [2.24, 2.45) is 11.8 Å². The van der Waals surface area contributed by atoms with E-state index in [0.717, 1.165) is 6.54 Å². The van der Waals surface area contributed by atoms with Crippen LogP contribution in [0.1, 0.15) is 26.6 Å². The van der Waals surface area contributed by atoms with Crippen LogP contribution >= 0.6 is 0 Å². The first-order valence-corrected chi connectivity index (χ1v) is 4.62. The quantitative estimate of drug-likeness (QED) is 0.759. The molecule has 1 N–H and O–H groups in total. The first kappa shape index (κ1) is 10.2. The van der Waals surface area contributed by atoms with Crippen LogP contribution in [-0.4, -0.2) is 19.9 Å². The monoisotopic (exact) mass is 183 g/mol. The lowest BCUT2D eigenvalue weighted by atomic mass is 9.98. The van der Waals surface area contributed by atoms with Crippen molar-refractivity contribution in [3.63, 3.8) is 0 Å². The highest BCUT2D eigenvalue weighted by atomic mass is 16.3. The minimum absolute atomic E-state index is 0.0369. The molecular weight excluding hydrogens is 166 g/mol. The van der Waals surface area contributed by atoms with Crippen LogP contribution in [0.25, 0.3) is 0 Å². The number of aliphatic hydroxyl groups excluding tert-OH is 1. The zero-order valence-corrected chi connectivity index (χ0v) is 8.44. The fraction of sp³-hybridized carbons (Fsp3) is 0.778. The van der Waals surface area contributed by atoms with Crippen LogP contribution in [0.5, 0.6) is 0 Å². The minimum atomic E-state index is -0.0369. The predicted octanol–water partition coefficient (Wildman–Crippen LogP) is 1.06. The van der Waals surface area contributed by atoms with Crippen molar-refractivity contribution in [2.45, 2.75) is 33.9 Å². The van der Waals surface area contributed by atoms with Gasteiger partial charge in [-0.25, -0.2) is 0 Å². The van der Waals surface area contributed by atoms with E-state index >= 15 is 0 Å². The molecule has 0 aromatic carbocycles. The van der Waals surface area contributed by atoms with Crippen LogP contribution < -0.4 is 0 Å². The van der Waals surface area contributed by atoms with Crippen molar-refractivity contribution in [1.29, 1.82) is 0 Å². The van der Waals surface area contributed by atoms with E-state index in [-0.39, 0.29) is 6.61 Å². The molecule has 1 aromatic heterocycles. The third-order valence-electron chi connectivity index (χ3n) is 2.46. The minimum Gasteiger partial charge on any atom is -0.388 e. The molecular formula is C9H17N3O. The molecule has 0 fully saturated rings. The van der Waals surface area contributed by atoms with E-state index < -0.39 is 0 Å². The number of aromatic nitrogens is 3. The Morgan fingerprint density at radius 2 is 2.15 bits per heavy atom. The molecule has 0 amide bonds. The van der Waals surface area contributed by atoms with E-state index in [9.17, 15) is 0 Å². The predicted molar refractivity (Wildman–Crippen MR) is 49.9 cm³/mol. The Bertz CT molecular complexity index is 257. The van der Waals surface area contributed by atoms with Gasteiger partial charge in [0.2, 0.25) is 0 Å². The second kappa shape index (κ2) is 4.37. The number of hydrogen-bond donors (Lipinski definition) is 1. The van der Waals surface area contributed by atoms with Crippen LogP contribution in [0, 0.1) is 11.8 Å². The van der Waals surface area contributed by atoms with Crippen molar-refractivity contribution in [1.82, 2.24) is 14.8 Å². The first-order valence-electron chi connectivity index (χ1n) is 4.62. The Labute approximate surface area is 78.6 Å².